The highest BCUT2D eigenvalue weighted by atomic mass is 35.5. The van der Waals surface area contributed by atoms with Gasteiger partial charge in [0.25, 0.3) is 0 Å². The van der Waals surface area contributed by atoms with Crippen LogP contribution in [0, 0.1) is 11.8 Å². The molecule has 178 valence electrons. The maximum Gasteiger partial charge on any atom is 0.306 e. The summed E-state index contributed by atoms with van der Waals surface area (Å²) >= 11 is 6.88. The average molecular weight is 470 g/mol. The largest absolute Gasteiger partial charge is 0.489 e. The van der Waals surface area contributed by atoms with Crippen molar-refractivity contribution in [3.8, 4) is 5.75 Å². The van der Waals surface area contributed by atoms with Crippen molar-refractivity contribution in [3.63, 3.8) is 0 Å². The van der Waals surface area contributed by atoms with Gasteiger partial charge in [0, 0.05) is 24.0 Å². The highest BCUT2D eigenvalue weighted by Gasteiger charge is 2.40. The fourth-order valence-corrected chi connectivity index (χ4v) is 6.76. The van der Waals surface area contributed by atoms with E-state index in [1.807, 2.05) is 6.07 Å². The number of fused-ring (bicyclic) bond motifs is 3. The number of carboxylic acid groups (broad SMARTS) is 1. The SMILES string of the molecule is CCC1CCC(Oc2ccc3ccc(CN4C5CCCC4CC(C(=O)O)C5)cc3c2Cl)CC1. The minimum absolute atomic E-state index is 0.185. The zero-order valence-electron chi connectivity index (χ0n) is 19.6. The summed E-state index contributed by atoms with van der Waals surface area (Å²) in [5.74, 6) is 0.842. The Balaban J connectivity index is 1.33. The second-order valence-electron chi connectivity index (χ2n) is 10.5. The molecule has 0 radical (unpaired) electrons. The molecule has 4 nitrogen and oxygen atoms in total. The third kappa shape index (κ3) is 4.88. The summed E-state index contributed by atoms with van der Waals surface area (Å²) < 4.78 is 6.37. The Morgan fingerprint density at radius 3 is 2.42 bits per heavy atom. The summed E-state index contributed by atoms with van der Waals surface area (Å²) in [7, 11) is 0. The van der Waals surface area contributed by atoms with Crippen molar-refractivity contribution in [1.82, 2.24) is 4.90 Å². The first-order chi connectivity index (χ1) is 16.0. The maximum atomic E-state index is 11.6. The van der Waals surface area contributed by atoms with Gasteiger partial charge in [0.05, 0.1) is 17.0 Å². The lowest BCUT2D eigenvalue weighted by Gasteiger charge is -2.48. The molecule has 5 rings (SSSR count). The zero-order chi connectivity index (χ0) is 22.9. The lowest BCUT2D eigenvalue weighted by atomic mass is 9.78. The van der Waals surface area contributed by atoms with E-state index in [4.69, 9.17) is 16.3 Å². The first kappa shape index (κ1) is 23.0. The number of piperidine rings is 2. The van der Waals surface area contributed by atoms with E-state index in [1.54, 1.807) is 0 Å². The molecule has 1 N–H and O–H groups in total. The zero-order valence-corrected chi connectivity index (χ0v) is 20.4. The van der Waals surface area contributed by atoms with Gasteiger partial charge in [-0.05, 0) is 80.4 Å². The van der Waals surface area contributed by atoms with Crippen molar-refractivity contribution in [2.75, 3.05) is 0 Å². The van der Waals surface area contributed by atoms with Crippen LogP contribution >= 0.6 is 11.6 Å². The van der Waals surface area contributed by atoms with Crippen LogP contribution in [-0.4, -0.2) is 34.2 Å². The summed E-state index contributed by atoms with van der Waals surface area (Å²) in [6.45, 7) is 3.14. The van der Waals surface area contributed by atoms with Gasteiger partial charge in [-0.1, -0.05) is 49.6 Å². The first-order valence-electron chi connectivity index (χ1n) is 12.9. The van der Waals surface area contributed by atoms with Crippen molar-refractivity contribution >= 4 is 28.3 Å². The van der Waals surface area contributed by atoms with E-state index in [2.05, 4.69) is 36.1 Å². The number of aliphatic carboxylic acids is 1. The van der Waals surface area contributed by atoms with E-state index in [1.165, 1.54) is 31.2 Å². The molecule has 2 unspecified atom stereocenters. The van der Waals surface area contributed by atoms with Gasteiger partial charge in [0.15, 0.2) is 0 Å². The molecule has 0 amide bonds. The molecule has 2 saturated heterocycles. The number of halogens is 1. The predicted octanol–water partition coefficient (Wildman–Crippen LogP) is 7.06. The minimum atomic E-state index is -0.625. The number of carbonyl (C=O) groups is 1. The second-order valence-corrected chi connectivity index (χ2v) is 10.9. The van der Waals surface area contributed by atoms with E-state index in [9.17, 15) is 9.90 Å². The van der Waals surface area contributed by atoms with E-state index in [0.717, 1.165) is 72.5 Å². The van der Waals surface area contributed by atoms with Crippen LogP contribution in [-0.2, 0) is 11.3 Å². The van der Waals surface area contributed by atoms with Gasteiger partial charge in [-0.15, -0.1) is 0 Å². The Labute approximate surface area is 202 Å². The summed E-state index contributed by atoms with van der Waals surface area (Å²) in [6, 6.07) is 11.5. The first-order valence-corrected chi connectivity index (χ1v) is 13.3. The van der Waals surface area contributed by atoms with Crippen LogP contribution in [0.4, 0.5) is 0 Å². The van der Waals surface area contributed by atoms with Gasteiger partial charge in [0.2, 0.25) is 0 Å². The molecule has 2 aromatic rings. The van der Waals surface area contributed by atoms with E-state index in [-0.39, 0.29) is 12.0 Å². The van der Waals surface area contributed by atoms with Gasteiger partial charge in [-0.2, -0.15) is 0 Å². The number of nitrogens with zero attached hydrogens (tertiary/aromatic N) is 1. The topological polar surface area (TPSA) is 49.8 Å². The average Bonchev–Trinajstić information content (AvgIpc) is 2.81. The van der Waals surface area contributed by atoms with Crippen LogP contribution in [0.5, 0.6) is 5.75 Å². The molecule has 1 aliphatic carbocycles. The van der Waals surface area contributed by atoms with Crippen LogP contribution in [0.2, 0.25) is 5.02 Å². The summed E-state index contributed by atoms with van der Waals surface area (Å²) in [4.78, 5) is 14.2. The van der Waals surface area contributed by atoms with Crippen molar-refractivity contribution in [2.45, 2.75) is 95.9 Å². The molecule has 33 heavy (non-hydrogen) atoms. The van der Waals surface area contributed by atoms with Crippen molar-refractivity contribution in [3.05, 3.63) is 40.9 Å². The standard InChI is InChI=1S/C28H36ClNO3/c1-2-18-7-11-24(12-8-18)33-26-13-10-20-9-6-19(14-25(20)27(26)29)17-30-22-4-3-5-23(30)16-21(15-22)28(31)32/h6,9-10,13-14,18,21-24H,2-5,7-8,11-12,15-17H2,1H3,(H,31,32). The maximum absolute atomic E-state index is 11.6. The quantitative estimate of drug-likeness (QED) is 0.492. The van der Waals surface area contributed by atoms with E-state index >= 15 is 0 Å². The van der Waals surface area contributed by atoms with Crippen LogP contribution < -0.4 is 4.74 Å². The number of ether oxygens (including phenoxy) is 1. The number of hydrogen-bond donors (Lipinski definition) is 1. The van der Waals surface area contributed by atoms with E-state index < -0.39 is 5.97 Å². The molecule has 0 spiro atoms. The van der Waals surface area contributed by atoms with E-state index in [0.29, 0.717) is 12.1 Å². The molecular formula is C28H36ClNO3. The molecule has 2 atom stereocenters. The highest BCUT2D eigenvalue weighted by molar-refractivity contribution is 6.37. The Bertz CT molecular complexity index is 986. The Hall–Kier alpha value is -1.78. The lowest BCUT2D eigenvalue weighted by molar-refractivity contribution is -0.146. The second kappa shape index (κ2) is 9.84. The summed E-state index contributed by atoms with van der Waals surface area (Å²) in [5.41, 5.74) is 1.25. The third-order valence-corrected chi connectivity index (χ3v) is 8.88. The normalized spacial score (nSPS) is 30.3. The molecule has 2 heterocycles. The molecule has 3 fully saturated rings. The molecule has 2 bridgehead atoms. The number of hydrogen-bond acceptors (Lipinski definition) is 3. The van der Waals surface area contributed by atoms with Gasteiger partial charge >= 0.3 is 5.97 Å². The fourth-order valence-electron chi connectivity index (χ4n) is 6.49. The van der Waals surface area contributed by atoms with Crippen molar-refractivity contribution in [2.24, 2.45) is 11.8 Å². The predicted molar refractivity (Wildman–Crippen MR) is 133 cm³/mol. The third-order valence-electron chi connectivity index (χ3n) is 8.49. The van der Waals surface area contributed by atoms with Crippen LogP contribution in [0.3, 0.4) is 0 Å². The van der Waals surface area contributed by atoms with Gasteiger partial charge in [-0.3, -0.25) is 9.69 Å². The van der Waals surface area contributed by atoms with Gasteiger partial charge < -0.3 is 9.84 Å². The van der Waals surface area contributed by atoms with Gasteiger partial charge in [-0.25, -0.2) is 0 Å². The molecule has 1 saturated carbocycles. The van der Waals surface area contributed by atoms with Crippen molar-refractivity contribution in [1.29, 1.82) is 0 Å². The lowest BCUT2D eigenvalue weighted by Crippen LogP contribution is -2.52. The number of carboxylic acids is 1. The smallest absolute Gasteiger partial charge is 0.306 e. The van der Waals surface area contributed by atoms with Crippen molar-refractivity contribution < 1.29 is 14.6 Å². The van der Waals surface area contributed by atoms with Gasteiger partial charge in [0.1, 0.15) is 5.75 Å². The Morgan fingerprint density at radius 2 is 1.76 bits per heavy atom. The molecule has 2 aromatic carbocycles. The highest BCUT2D eigenvalue weighted by Crippen LogP contribution is 2.40. The molecule has 0 aromatic heterocycles. The number of rotatable bonds is 6. The molecular weight excluding hydrogens is 434 g/mol. The molecule has 5 heteroatoms. The fraction of sp³-hybridized carbons (Fsp3) is 0.607. The molecule has 3 aliphatic rings. The Morgan fingerprint density at radius 1 is 1.06 bits per heavy atom. The minimum Gasteiger partial charge on any atom is -0.489 e. The van der Waals surface area contributed by atoms with Crippen LogP contribution in [0.1, 0.15) is 76.7 Å². The number of benzene rings is 2. The summed E-state index contributed by atoms with van der Waals surface area (Å²) in [6.07, 6.45) is 11.2. The van der Waals surface area contributed by atoms with Crippen LogP contribution in [0.25, 0.3) is 10.8 Å². The summed E-state index contributed by atoms with van der Waals surface area (Å²) in [5, 5.41) is 12.5. The Kier molecular flexibility index (Phi) is 6.85. The molecule has 2 aliphatic heterocycles. The monoisotopic (exact) mass is 469 g/mol. The van der Waals surface area contributed by atoms with Crippen LogP contribution in [0.15, 0.2) is 30.3 Å².